The molecule has 0 radical (unpaired) electrons. The third-order valence-corrected chi connectivity index (χ3v) is 7.20. The quantitative estimate of drug-likeness (QED) is 0.118. The first-order valence-corrected chi connectivity index (χ1v) is 14.8. The Morgan fingerprint density at radius 3 is 2.64 bits per heavy atom. The third-order valence-electron chi connectivity index (χ3n) is 7.20. The van der Waals surface area contributed by atoms with Crippen LogP contribution in [0.1, 0.15) is 74.4 Å². The molecule has 7 heteroatoms. The zero-order chi connectivity index (χ0) is 29.9. The van der Waals surface area contributed by atoms with E-state index in [1.807, 2.05) is 22.6 Å². The van der Waals surface area contributed by atoms with Gasteiger partial charge in [0.15, 0.2) is 0 Å². The van der Waals surface area contributed by atoms with E-state index < -0.39 is 5.97 Å². The van der Waals surface area contributed by atoms with Gasteiger partial charge in [-0.1, -0.05) is 93.1 Å². The van der Waals surface area contributed by atoms with Gasteiger partial charge in [0.05, 0.1) is 36.3 Å². The summed E-state index contributed by atoms with van der Waals surface area (Å²) in [6.45, 7) is 7.77. The summed E-state index contributed by atoms with van der Waals surface area (Å²) >= 11 is 0. The third kappa shape index (κ3) is 7.47. The van der Waals surface area contributed by atoms with E-state index in [1.165, 1.54) is 5.57 Å². The maximum atomic E-state index is 12.0. The maximum Gasteiger partial charge on any atom is 0.337 e. The Kier molecular flexibility index (Phi) is 11.0. The van der Waals surface area contributed by atoms with Crippen LogP contribution in [0.3, 0.4) is 0 Å². The zero-order valence-corrected chi connectivity index (χ0v) is 24.9. The van der Waals surface area contributed by atoms with Crippen LogP contribution in [0.5, 0.6) is 6.01 Å². The number of carboxylic acids is 1. The number of carbonyl (C=O) groups is 1. The van der Waals surface area contributed by atoms with Crippen molar-refractivity contribution < 1.29 is 14.6 Å². The molecule has 7 nitrogen and oxygen atoms in total. The molecule has 4 rings (SSSR count). The Morgan fingerprint density at radius 2 is 1.93 bits per heavy atom. The number of hydrogen-bond acceptors (Lipinski definition) is 5. The van der Waals surface area contributed by atoms with Crippen molar-refractivity contribution in [2.24, 2.45) is 5.84 Å². The van der Waals surface area contributed by atoms with Gasteiger partial charge in [0.2, 0.25) is 0 Å². The van der Waals surface area contributed by atoms with Gasteiger partial charge >= 0.3 is 5.97 Å². The van der Waals surface area contributed by atoms with Crippen LogP contribution in [0.2, 0.25) is 0 Å². The fourth-order valence-corrected chi connectivity index (χ4v) is 5.12. The number of rotatable bonds is 14. The smallest absolute Gasteiger partial charge is 0.337 e. The van der Waals surface area contributed by atoms with Crippen molar-refractivity contribution in [1.82, 2.24) is 14.6 Å². The Balaban J connectivity index is 1.64. The molecule has 3 aromatic rings. The van der Waals surface area contributed by atoms with Gasteiger partial charge in [-0.05, 0) is 55.0 Å². The highest BCUT2D eigenvalue weighted by Crippen LogP contribution is 2.29. The topological polar surface area (TPSA) is 93.6 Å². The summed E-state index contributed by atoms with van der Waals surface area (Å²) in [5, 5.41) is 11.7. The molecule has 42 heavy (non-hydrogen) atoms. The molecule has 2 aromatic carbocycles. The molecule has 220 valence electrons. The summed E-state index contributed by atoms with van der Waals surface area (Å²) in [5.74, 6) is 5.76. The first-order valence-electron chi connectivity index (χ1n) is 14.8. The number of aromatic nitrogens is 2. The highest BCUT2D eigenvalue weighted by Gasteiger charge is 2.19. The molecule has 0 unspecified atom stereocenters. The number of aromatic carboxylic acids is 1. The van der Waals surface area contributed by atoms with Gasteiger partial charge in [0, 0.05) is 17.7 Å². The van der Waals surface area contributed by atoms with Gasteiger partial charge in [-0.2, -0.15) is 4.98 Å². The number of carboxylic acid groups (broad SMARTS) is 1. The van der Waals surface area contributed by atoms with Crippen LogP contribution in [0, 0.1) is 0 Å². The highest BCUT2D eigenvalue weighted by atomic mass is 16.5. The molecule has 0 bridgehead atoms. The lowest BCUT2D eigenvalue weighted by atomic mass is 10.00. The molecule has 1 aliphatic rings. The molecule has 1 aromatic heterocycles. The molecule has 0 spiro atoms. The second kappa shape index (κ2) is 15.0. The number of allylic oxidation sites excluding steroid dienone is 8. The fraction of sp³-hybridized carbons (Fsp3) is 0.314. The van der Waals surface area contributed by atoms with Gasteiger partial charge in [0.25, 0.3) is 6.01 Å². The molecule has 0 saturated heterocycles. The normalized spacial score (nSPS) is 13.8. The number of para-hydroxylation sites is 1. The number of fused-ring (bicyclic) bond motifs is 1. The van der Waals surface area contributed by atoms with Crippen molar-refractivity contribution in [3.63, 3.8) is 0 Å². The highest BCUT2D eigenvalue weighted by molar-refractivity contribution is 6.01. The minimum absolute atomic E-state index is 0.203. The summed E-state index contributed by atoms with van der Waals surface area (Å²) in [4.78, 5) is 16.5. The standard InChI is InChI=1S/C35H42N4O3/c1-4-7-10-15-26(14-8-5-2)25-39(36)32-19-12-9-11-16-29(32)28-22-20-27(21-23-28)24-38-33-30(34(40)41)17-13-18-31(33)37-35(38)42-6-3/h7,9-14,16-18,20-23H,4-6,8,15,19,24-25,36H2,1-3H3,(H,40,41)/b10-7-,26-14?. The van der Waals surface area contributed by atoms with Crippen LogP contribution in [0.25, 0.3) is 16.6 Å². The molecule has 1 heterocycles. The van der Waals surface area contributed by atoms with Crippen molar-refractivity contribution in [1.29, 1.82) is 0 Å². The van der Waals surface area contributed by atoms with Gasteiger partial charge in [0.1, 0.15) is 0 Å². The average Bonchev–Trinajstić information content (AvgIpc) is 3.15. The van der Waals surface area contributed by atoms with Crippen molar-refractivity contribution in [2.75, 3.05) is 13.2 Å². The van der Waals surface area contributed by atoms with Gasteiger partial charge in [-0.15, -0.1) is 0 Å². The Labute approximate surface area is 249 Å². The monoisotopic (exact) mass is 566 g/mol. The van der Waals surface area contributed by atoms with Gasteiger partial charge in [-0.25, -0.2) is 10.6 Å². The van der Waals surface area contributed by atoms with E-state index in [1.54, 1.807) is 12.1 Å². The number of unbranched alkanes of at least 4 members (excludes halogenated alkanes) is 1. The van der Waals surface area contributed by atoms with Gasteiger partial charge < -0.3 is 14.9 Å². The molecular weight excluding hydrogens is 524 g/mol. The maximum absolute atomic E-state index is 12.0. The summed E-state index contributed by atoms with van der Waals surface area (Å²) in [6.07, 6.45) is 20.0. The number of benzene rings is 2. The second-order valence-electron chi connectivity index (χ2n) is 10.3. The predicted octanol–water partition coefficient (Wildman–Crippen LogP) is 7.67. The number of imidazole rings is 1. The largest absolute Gasteiger partial charge is 0.478 e. The van der Waals surface area contributed by atoms with Crippen molar-refractivity contribution in [3.8, 4) is 6.01 Å². The van der Waals surface area contributed by atoms with Crippen LogP contribution in [0.15, 0.2) is 96.3 Å². The predicted molar refractivity (Wildman–Crippen MR) is 171 cm³/mol. The van der Waals surface area contributed by atoms with Gasteiger partial charge in [-0.3, -0.25) is 4.57 Å². The van der Waals surface area contributed by atoms with E-state index >= 15 is 0 Å². The molecule has 0 amide bonds. The van der Waals surface area contributed by atoms with E-state index in [9.17, 15) is 9.90 Å². The molecule has 0 aliphatic heterocycles. The molecule has 0 atom stereocenters. The summed E-state index contributed by atoms with van der Waals surface area (Å²) in [5.41, 5.74) is 6.91. The van der Waals surface area contributed by atoms with E-state index in [2.05, 4.69) is 85.6 Å². The SMILES string of the molecule is CC/C=C\CC(=CCCC)CN(N)C1=C(c2ccc(Cn3c(OCC)nc4cccc(C(=O)O)c43)cc2)C=CC=CC1. The number of hydrazine groups is 1. The molecule has 3 N–H and O–H groups in total. The number of nitrogens with zero attached hydrogens (tertiary/aromatic N) is 3. The van der Waals surface area contributed by atoms with Crippen molar-refractivity contribution in [2.45, 2.75) is 59.4 Å². The molecule has 0 saturated carbocycles. The van der Waals surface area contributed by atoms with E-state index in [0.717, 1.165) is 54.5 Å². The Morgan fingerprint density at radius 1 is 1.12 bits per heavy atom. The van der Waals surface area contributed by atoms with E-state index in [-0.39, 0.29) is 5.56 Å². The fourth-order valence-electron chi connectivity index (χ4n) is 5.12. The minimum atomic E-state index is -0.992. The zero-order valence-electron chi connectivity index (χ0n) is 24.9. The minimum Gasteiger partial charge on any atom is -0.478 e. The Hall–Kier alpha value is -4.36. The van der Waals surface area contributed by atoms with E-state index in [0.29, 0.717) is 36.7 Å². The van der Waals surface area contributed by atoms with Crippen LogP contribution >= 0.6 is 0 Å². The lowest BCUT2D eigenvalue weighted by Crippen LogP contribution is -2.32. The average molecular weight is 567 g/mol. The number of nitrogens with two attached hydrogens (primary N) is 1. The van der Waals surface area contributed by atoms with Crippen molar-refractivity contribution in [3.05, 3.63) is 113 Å². The summed E-state index contributed by atoms with van der Waals surface area (Å²) in [6, 6.07) is 13.9. The Bertz CT molecular complexity index is 1520. The molecule has 1 aliphatic carbocycles. The first kappa shape index (κ1) is 30.6. The summed E-state index contributed by atoms with van der Waals surface area (Å²) in [7, 11) is 0. The van der Waals surface area contributed by atoms with Crippen LogP contribution < -0.4 is 10.6 Å². The van der Waals surface area contributed by atoms with Crippen molar-refractivity contribution >= 4 is 22.6 Å². The molecular formula is C35H42N4O3. The molecule has 0 fully saturated rings. The van der Waals surface area contributed by atoms with Crippen LogP contribution in [-0.4, -0.2) is 38.8 Å². The number of hydrogen-bond donors (Lipinski definition) is 2. The van der Waals surface area contributed by atoms with E-state index in [4.69, 9.17) is 10.6 Å². The second-order valence-corrected chi connectivity index (χ2v) is 10.3. The number of ether oxygens (including phenoxy) is 1. The lowest BCUT2D eigenvalue weighted by Gasteiger charge is -2.25. The lowest BCUT2D eigenvalue weighted by molar-refractivity contribution is 0.0698. The van der Waals surface area contributed by atoms with Crippen LogP contribution in [-0.2, 0) is 6.54 Å². The first-order chi connectivity index (χ1) is 20.5. The summed E-state index contributed by atoms with van der Waals surface area (Å²) < 4.78 is 7.64. The van der Waals surface area contributed by atoms with Crippen LogP contribution in [0.4, 0.5) is 0 Å².